The third kappa shape index (κ3) is 2.71. The van der Waals surface area contributed by atoms with Crippen molar-refractivity contribution in [2.45, 2.75) is 32.2 Å². The Bertz CT molecular complexity index is 524. The van der Waals surface area contributed by atoms with E-state index in [-0.39, 0.29) is 11.3 Å². The van der Waals surface area contributed by atoms with Gasteiger partial charge in [-0.25, -0.2) is 0 Å². The number of rotatable bonds is 3. The molecule has 0 aromatic carbocycles. The van der Waals surface area contributed by atoms with Gasteiger partial charge in [0.2, 0.25) is 5.91 Å². The fourth-order valence-corrected chi connectivity index (χ4v) is 4.26. The van der Waals surface area contributed by atoms with Crippen LogP contribution < -0.4 is 0 Å². The van der Waals surface area contributed by atoms with Gasteiger partial charge in [-0.2, -0.15) is 5.10 Å². The van der Waals surface area contributed by atoms with Gasteiger partial charge in [0.15, 0.2) is 0 Å². The number of carbonyl (C=O) groups excluding carboxylic acids is 1. The van der Waals surface area contributed by atoms with Crippen molar-refractivity contribution in [2.24, 2.45) is 18.4 Å². The summed E-state index contributed by atoms with van der Waals surface area (Å²) < 4.78 is 1.86. The molecule has 0 radical (unpaired) electrons. The molecular weight excluding hydrogens is 264 g/mol. The molecule has 5 nitrogen and oxygen atoms in total. The molecule has 116 valence electrons. The van der Waals surface area contributed by atoms with Gasteiger partial charge in [0.1, 0.15) is 0 Å². The van der Waals surface area contributed by atoms with E-state index >= 15 is 0 Å². The molecule has 1 aromatic rings. The minimum Gasteiger partial charge on any atom is -0.349 e. The average molecular weight is 290 g/mol. The summed E-state index contributed by atoms with van der Waals surface area (Å²) in [6.07, 6.45) is 8.67. The van der Waals surface area contributed by atoms with Gasteiger partial charge in [0, 0.05) is 51.9 Å². The lowest BCUT2D eigenvalue weighted by Gasteiger charge is -2.32. The number of nitrogens with zero attached hydrogens (tertiary/aromatic N) is 4. The van der Waals surface area contributed by atoms with Gasteiger partial charge < -0.3 is 4.90 Å². The molecule has 1 spiro atoms. The molecular formula is C16H26N4O. The first kappa shape index (κ1) is 14.6. The Morgan fingerprint density at radius 2 is 2.29 bits per heavy atom. The van der Waals surface area contributed by atoms with E-state index < -0.39 is 0 Å². The van der Waals surface area contributed by atoms with Crippen molar-refractivity contribution in [1.29, 1.82) is 0 Å². The van der Waals surface area contributed by atoms with Crippen molar-refractivity contribution >= 4 is 5.91 Å². The third-order valence-corrected chi connectivity index (χ3v) is 5.27. The predicted molar refractivity (Wildman–Crippen MR) is 81.6 cm³/mol. The highest BCUT2D eigenvalue weighted by atomic mass is 16.2. The number of carbonyl (C=O) groups is 1. The summed E-state index contributed by atoms with van der Waals surface area (Å²) >= 11 is 0. The fourth-order valence-electron chi connectivity index (χ4n) is 4.26. The maximum absolute atomic E-state index is 12.5. The van der Waals surface area contributed by atoms with E-state index in [1.807, 2.05) is 32.0 Å². The highest BCUT2D eigenvalue weighted by molar-refractivity contribution is 5.79. The molecule has 0 unspecified atom stereocenters. The van der Waals surface area contributed by atoms with E-state index in [1.165, 1.54) is 18.4 Å². The number of hydrogen-bond acceptors (Lipinski definition) is 3. The Kier molecular flexibility index (Phi) is 3.78. The van der Waals surface area contributed by atoms with Crippen molar-refractivity contribution in [3.05, 3.63) is 18.0 Å². The van der Waals surface area contributed by atoms with E-state index in [1.54, 1.807) is 4.90 Å². The van der Waals surface area contributed by atoms with E-state index in [2.05, 4.69) is 16.2 Å². The van der Waals surface area contributed by atoms with Gasteiger partial charge in [-0.15, -0.1) is 0 Å². The maximum atomic E-state index is 12.5. The highest BCUT2D eigenvalue weighted by Gasteiger charge is 2.50. The second-order valence-corrected chi connectivity index (χ2v) is 7.02. The monoisotopic (exact) mass is 290 g/mol. The number of amides is 1. The second-order valence-electron chi connectivity index (χ2n) is 7.02. The van der Waals surface area contributed by atoms with Crippen LogP contribution in [0.1, 0.15) is 31.2 Å². The molecule has 2 aliphatic rings. The smallest absolute Gasteiger partial charge is 0.225 e. The summed E-state index contributed by atoms with van der Waals surface area (Å²) in [6.45, 7) is 3.12. The van der Waals surface area contributed by atoms with Crippen molar-refractivity contribution in [1.82, 2.24) is 19.6 Å². The van der Waals surface area contributed by atoms with Gasteiger partial charge in [-0.05, 0) is 31.2 Å². The largest absolute Gasteiger partial charge is 0.349 e. The first-order valence-corrected chi connectivity index (χ1v) is 7.91. The molecule has 0 bridgehead atoms. The Morgan fingerprint density at radius 3 is 2.95 bits per heavy atom. The topological polar surface area (TPSA) is 41.4 Å². The Morgan fingerprint density at radius 1 is 1.48 bits per heavy atom. The SMILES string of the molecule is CN(C)C(=O)[C@@H]1CCC[C@]12CCN(Cc1cnn(C)c1)C2. The highest BCUT2D eigenvalue weighted by Crippen LogP contribution is 2.50. The van der Waals surface area contributed by atoms with Crippen LogP contribution in [0, 0.1) is 11.3 Å². The van der Waals surface area contributed by atoms with Crippen LogP contribution in [0.2, 0.25) is 0 Å². The normalized spacial score (nSPS) is 29.4. The zero-order valence-electron chi connectivity index (χ0n) is 13.4. The van der Waals surface area contributed by atoms with E-state index in [0.29, 0.717) is 5.91 Å². The average Bonchev–Trinajstić information content (AvgIpc) is 3.13. The number of hydrogen-bond donors (Lipinski definition) is 0. The van der Waals surface area contributed by atoms with Crippen LogP contribution >= 0.6 is 0 Å². The summed E-state index contributed by atoms with van der Waals surface area (Å²) in [4.78, 5) is 16.7. The van der Waals surface area contributed by atoms with Gasteiger partial charge >= 0.3 is 0 Å². The quantitative estimate of drug-likeness (QED) is 0.847. The molecule has 1 saturated heterocycles. The minimum atomic E-state index is 0.226. The Labute approximate surface area is 126 Å². The fraction of sp³-hybridized carbons (Fsp3) is 0.750. The molecule has 1 aromatic heterocycles. The molecule has 1 amide bonds. The molecule has 1 aliphatic carbocycles. The first-order valence-electron chi connectivity index (χ1n) is 7.91. The lowest BCUT2D eigenvalue weighted by atomic mass is 9.76. The summed E-state index contributed by atoms with van der Waals surface area (Å²) in [5, 5.41) is 4.24. The van der Waals surface area contributed by atoms with Gasteiger partial charge in [0.25, 0.3) is 0 Å². The maximum Gasteiger partial charge on any atom is 0.225 e. The van der Waals surface area contributed by atoms with Crippen LogP contribution in [-0.4, -0.2) is 52.7 Å². The molecule has 21 heavy (non-hydrogen) atoms. The second kappa shape index (κ2) is 5.44. The van der Waals surface area contributed by atoms with Crippen LogP contribution in [0.4, 0.5) is 0 Å². The molecule has 2 heterocycles. The summed E-state index contributed by atoms with van der Waals surface area (Å²) in [7, 11) is 5.73. The van der Waals surface area contributed by atoms with Gasteiger partial charge in [-0.3, -0.25) is 14.4 Å². The Balaban J connectivity index is 1.68. The standard InChI is InChI=1S/C16H26N4O/c1-18(2)15(21)14-5-4-6-16(14)7-8-20(12-16)11-13-9-17-19(3)10-13/h9-10,14H,4-8,11-12H2,1-3H3/t14-,16+/m0/s1. The van der Waals surface area contributed by atoms with Crippen LogP contribution in [0.3, 0.4) is 0 Å². The molecule has 1 aliphatic heterocycles. The van der Waals surface area contributed by atoms with Crippen molar-refractivity contribution in [3.8, 4) is 0 Å². The first-order chi connectivity index (χ1) is 10.00. The molecule has 0 N–H and O–H groups in total. The number of aromatic nitrogens is 2. The van der Waals surface area contributed by atoms with Gasteiger partial charge in [-0.1, -0.05) is 6.42 Å². The molecule has 2 fully saturated rings. The van der Waals surface area contributed by atoms with E-state index in [0.717, 1.165) is 32.5 Å². The van der Waals surface area contributed by atoms with E-state index in [9.17, 15) is 4.79 Å². The molecule has 1 saturated carbocycles. The van der Waals surface area contributed by atoms with Crippen molar-refractivity contribution in [2.75, 3.05) is 27.2 Å². The summed E-state index contributed by atoms with van der Waals surface area (Å²) in [5.74, 6) is 0.558. The van der Waals surface area contributed by atoms with Crippen LogP contribution in [0.15, 0.2) is 12.4 Å². The summed E-state index contributed by atoms with van der Waals surface area (Å²) in [6, 6.07) is 0. The van der Waals surface area contributed by atoms with Gasteiger partial charge in [0.05, 0.1) is 6.20 Å². The molecule has 2 atom stereocenters. The predicted octanol–water partition coefficient (Wildman–Crippen LogP) is 1.50. The minimum absolute atomic E-state index is 0.226. The van der Waals surface area contributed by atoms with Crippen LogP contribution in [0.25, 0.3) is 0 Å². The van der Waals surface area contributed by atoms with Crippen molar-refractivity contribution < 1.29 is 4.79 Å². The van der Waals surface area contributed by atoms with E-state index in [4.69, 9.17) is 0 Å². The third-order valence-electron chi connectivity index (χ3n) is 5.27. The lowest BCUT2D eigenvalue weighted by Crippen LogP contribution is -2.40. The number of likely N-dealkylation sites (tertiary alicyclic amines) is 1. The molecule has 5 heteroatoms. The zero-order chi connectivity index (χ0) is 15.0. The zero-order valence-corrected chi connectivity index (χ0v) is 13.4. The Hall–Kier alpha value is -1.36. The van der Waals surface area contributed by atoms with Crippen LogP contribution in [-0.2, 0) is 18.4 Å². The number of aryl methyl sites for hydroxylation is 1. The van der Waals surface area contributed by atoms with Crippen LogP contribution in [0.5, 0.6) is 0 Å². The summed E-state index contributed by atoms with van der Waals surface area (Å²) in [5.41, 5.74) is 1.49. The lowest BCUT2D eigenvalue weighted by molar-refractivity contribution is -0.136. The molecule has 3 rings (SSSR count). The van der Waals surface area contributed by atoms with Crippen molar-refractivity contribution in [3.63, 3.8) is 0 Å².